The van der Waals surface area contributed by atoms with E-state index in [1.807, 2.05) is 0 Å². The first-order valence-corrected chi connectivity index (χ1v) is 15.5. The number of methoxy groups -OCH3 is 1. The van der Waals surface area contributed by atoms with E-state index in [0.717, 1.165) is 25.7 Å². The van der Waals surface area contributed by atoms with E-state index in [-0.39, 0.29) is 35.0 Å². The van der Waals surface area contributed by atoms with Gasteiger partial charge >= 0.3 is 5.97 Å². The van der Waals surface area contributed by atoms with E-state index in [1.54, 1.807) is 67.6 Å². The van der Waals surface area contributed by atoms with Gasteiger partial charge in [-0.1, -0.05) is 48.7 Å². The highest BCUT2D eigenvalue weighted by Gasteiger charge is 2.48. The summed E-state index contributed by atoms with van der Waals surface area (Å²) in [6.07, 6.45) is 3.40. The number of rotatable bonds is 7. The summed E-state index contributed by atoms with van der Waals surface area (Å²) in [5.41, 5.74) is 3.36. The van der Waals surface area contributed by atoms with Gasteiger partial charge in [-0.2, -0.15) is 0 Å². The average Bonchev–Trinajstić information content (AvgIpc) is 3.31. The number of nitrogens with zero attached hydrogens (tertiary/aromatic N) is 2. The molecule has 1 aliphatic carbocycles. The number of aryl methyl sites for hydroxylation is 1. The first-order chi connectivity index (χ1) is 21.2. The lowest BCUT2D eigenvalue weighted by Crippen LogP contribution is -2.30. The number of anilines is 1. The number of benzene rings is 3. The monoisotopic (exact) mass is 674 g/mol. The van der Waals surface area contributed by atoms with Crippen molar-refractivity contribution in [2.75, 3.05) is 18.6 Å². The number of amides is 2. The van der Waals surface area contributed by atoms with Crippen molar-refractivity contribution >= 4 is 67.7 Å². The fourth-order valence-corrected chi connectivity index (χ4v) is 6.73. The Bertz CT molecular complexity index is 1820. The van der Waals surface area contributed by atoms with Crippen molar-refractivity contribution in [1.29, 1.82) is 0 Å². The molecule has 1 saturated carbocycles. The molecular formula is C34H28BrClN2O6. The maximum atomic E-state index is 13.5. The van der Waals surface area contributed by atoms with Crippen LogP contribution in [0.5, 0.6) is 5.75 Å². The van der Waals surface area contributed by atoms with E-state index in [9.17, 15) is 19.2 Å². The summed E-state index contributed by atoms with van der Waals surface area (Å²) in [4.78, 5) is 58.6. The first-order valence-electron chi connectivity index (χ1n) is 14.3. The highest BCUT2D eigenvalue weighted by atomic mass is 79.9. The largest absolute Gasteiger partial charge is 0.497 e. The van der Waals surface area contributed by atoms with Gasteiger partial charge in [-0.25, -0.2) is 9.78 Å². The second kappa shape index (κ2) is 12.1. The molecular weight excluding hydrogens is 648 g/mol. The number of aromatic nitrogens is 1. The smallest absolute Gasteiger partial charge is 0.339 e. The summed E-state index contributed by atoms with van der Waals surface area (Å²) in [6.45, 7) is 1.34. The Hall–Kier alpha value is -4.08. The number of hydrogen-bond donors (Lipinski definition) is 0. The molecule has 2 fully saturated rings. The lowest BCUT2D eigenvalue weighted by molar-refractivity contribution is -0.122. The molecule has 224 valence electrons. The molecule has 2 heterocycles. The second-order valence-corrected chi connectivity index (χ2v) is 12.3. The number of halogens is 2. The number of pyridine rings is 1. The molecule has 10 heteroatoms. The first kappa shape index (κ1) is 30.0. The summed E-state index contributed by atoms with van der Waals surface area (Å²) < 4.78 is 11.3. The van der Waals surface area contributed by atoms with Crippen molar-refractivity contribution in [3.8, 4) is 17.0 Å². The third-order valence-corrected chi connectivity index (χ3v) is 9.77. The molecule has 4 aromatic rings. The zero-order valence-corrected chi connectivity index (χ0v) is 26.4. The molecule has 2 amide bonds. The zero-order valence-electron chi connectivity index (χ0n) is 24.1. The standard InChI is InChI=1S/C34H28BrClN2O6/c1-18-30(36)27(35)15-25-26(34(42)44-17-29(39)20-6-5-7-22(14-20)43-2)16-28(37-31(18)25)19-10-12-21(13-11-19)38-32(40)23-8-3-4-9-24(23)33(38)41/h5-7,10-16,23-24H,3-4,8-9,17H2,1-2H3. The van der Waals surface area contributed by atoms with Crippen LogP contribution in [-0.4, -0.2) is 42.3 Å². The van der Waals surface area contributed by atoms with E-state index in [1.165, 1.54) is 12.0 Å². The van der Waals surface area contributed by atoms with Crippen molar-refractivity contribution in [1.82, 2.24) is 4.98 Å². The van der Waals surface area contributed by atoms with Crippen LogP contribution < -0.4 is 9.64 Å². The zero-order chi connectivity index (χ0) is 31.1. The average molecular weight is 676 g/mol. The van der Waals surface area contributed by atoms with Crippen molar-refractivity contribution in [2.24, 2.45) is 11.8 Å². The molecule has 1 saturated heterocycles. The Labute approximate surface area is 267 Å². The number of carbonyl (C=O) groups excluding carboxylic acids is 4. The molecule has 44 heavy (non-hydrogen) atoms. The van der Waals surface area contributed by atoms with Gasteiger partial charge in [-0.3, -0.25) is 19.3 Å². The van der Waals surface area contributed by atoms with Gasteiger partial charge in [0.15, 0.2) is 12.4 Å². The highest BCUT2D eigenvalue weighted by Crippen LogP contribution is 2.41. The number of hydrogen-bond acceptors (Lipinski definition) is 7. The van der Waals surface area contributed by atoms with Crippen LogP contribution in [-0.2, 0) is 14.3 Å². The lowest BCUT2D eigenvalue weighted by Gasteiger charge is -2.19. The molecule has 0 radical (unpaired) electrons. The van der Waals surface area contributed by atoms with Gasteiger partial charge in [-0.05, 0) is 77.7 Å². The summed E-state index contributed by atoms with van der Waals surface area (Å²) in [6, 6.07) is 16.9. The van der Waals surface area contributed by atoms with Gasteiger partial charge in [0.2, 0.25) is 11.8 Å². The molecule has 0 bridgehead atoms. The maximum Gasteiger partial charge on any atom is 0.339 e. The predicted molar refractivity (Wildman–Crippen MR) is 170 cm³/mol. The summed E-state index contributed by atoms with van der Waals surface area (Å²) in [7, 11) is 1.51. The Morgan fingerprint density at radius 2 is 1.68 bits per heavy atom. The minimum Gasteiger partial charge on any atom is -0.497 e. The SMILES string of the molecule is COc1cccc(C(=O)COC(=O)c2cc(-c3ccc(N4C(=O)C5CCCCC5C4=O)cc3)nc3c(C)c(Cl)c(Br)cc23)c1. The highest BCUT2D eigenvalue weighted by molar-refractivity contribution is 9.10. The molecule has 0 spiro atoms. The van der Waals surface area contributed by atoms with Crippen LogP contribution in [0.1, 0.15) is 52.0 Å². The van der Waals surface area contributed by atoms with Crippen LogP contribution in [0.4, 0.5) is 5.69 Å². The fraction of sp³-hybridized carbons (Fsp3) is 0.265. The van der Waals surface area contributed by atoms with Gasteiger partial charge in [0.1, 0.15) is 5.75 Å². The number of fused-ring (bicyclic) bond motifs is 2. The van der Waals surface area contributed by atoms with Crippen molar-refractivity contribution in [3.63, 3.8) is 0 Å². The molecule has 0 N–H and O–H groups in total. The summed E-state index contributed by atoms with van der Waals surface area (Å²) in [5.74, 6) is -1.31. The van der Waals surface area contributed by atoms with Gasteiger partial charge in [0, 0.05) is 21.0 Å². The molecule has 2 aliphatic rings. The molecule has 8 nitrogen and oxygen atoms in total. The second-order valence-electron chi connectivity index (χ2n) is 11.0. The van der Waals surface area contributed by atoms with Crippen LogP contribution in [0.15, 0.2) is 65.1 Å². The fourth-order valence-electron chi connectivity index (χ4n) is 6.06. The maximum absolute atomic E-state index is 13.5. The predicted octanol–water partition coefficient (Wildman–Crippen LogP) is 7.35. The van der Waals surface area contributed by atoms with Crippen LogP contribution in [0, 0.1) is 18.8 Å². The Balaban J connectivity index is 1.32. The number of carbonyl (C=O) groups is 4. The van der Waals surface area contributed by atoms with Gasteiger partial charge < -0.3 is 9.47 Å². The normalized spacial score (nSPS) is 18.0. The third kappa shape index (κ3) is 5.39. The van der Waals surface area contributed by atoms with Crippen LogP contribution in [0.2, 0.25) is 5.02 Å². The molecule has 2 atom stereocenters. The van der Waals surface area contributed by atoms with E-state index in [0.29, 0.717) is 54.2 Å². The molecule has 3 aromatic carbocycles. The van der Waals surface area contributed by atoms with Crippen molar-refractivity contribution in [3.05, 3.63) is 86.8 Å². The van der Waals surface area contributed by atoms with Gasteiger partial charge in [0.05, 0.1) is 46.4 Å². The lowest BCUT2D eigenvalue weighted by atomic mass is 9.81. The van der Waals surface area contributed by atoms with E-state index < -0.39 is 12.6 Å². The number of esters is 1. The minimum absolute atomic E-state index is 0.138. The minimum atomic E-state index is -0.698. The number of ether oxygens (including phenoxy) is 2. The van der Waals surface area contributed by atoms with Gasteiger partial charge in [-0.15, -0.1) is 0 Å². The van der Waals surface area contributed by atoms with E-state index >= 15 is 0 Å². The number of ketones is 1. The Morgan fingerprint density at radius 1 is 1.00 bits per heavy atom. The summed E-state index contributed by atoms with van der Waals surface area (Å²) >= 11 is 9.98. The number of imide groups is 1. The van der Waals surface area contributed by atoms with Crippen LogP contribution >= 0.6 is 27.5 Å². The number of Topliss-reactive ketones (excluding diaryl/α,β-unsaturated/α-hetero) is 1. The van der Waals surface area contributed by atoms with Gasteiger partial charge in [0.25, 0.3) is 0 Å². The van der Waals surface area contributed by atoms with E-state index in [2.05, 4.69) is 15.9 Å². The summed E-state index contributed by atoms with van der Waals surface area (Å²) in [5, 5.41) is 0.964. The topological polar surface area (TPSA) is 103 Å². The molecule has 6 rings (SSSR count). The molecule has 1 aromatic heterocycles. The quantitative estimate of drug-likeness (QED) is 0.115. The Kier molecular flexibility index (Phi) is 8.26. The van der Waals surface area contributed by atoms with Crippen molar-refractivity contribution in [2.45, 2.75) is 32.6 Å². The van der Waals surface area contributed by atoms with E-state index in [4.69, 9.17) is 26.1 Å². The molecule has 1 aliphatic heterocycles. The third-order valence-electron chi connectivity index (χ3n) is 8.43. The van der Waals surface area contributed by atoms with Crippen molar-refractivity contribution < 1.29 is 28.7 Å². The van der Waals surface area contributed by atoms with Crippen LogP contribution in [0.25, 0.3) is 22.2 Å². The Morgan fingerprint density at radius 3 is 2.34 bits per heavy atom. The molecule has 2 unspecified atom stereocenters. The van der Waals surface area contributed by atoms with Crippen LogP contribution in [0.3, 0.4) is 0 Å².